The summed E-state index contributed by atoms with van der Waals surface area (Å²) < 4.78 is 0. The SMILES string of the molecule is CC(=O)O.CC(=O)O.CC(=O)O.CC(=O)O.CC(=O)O.CC(=O)O.CC(=O)O.CC(=O)O.NCCCN.NCCN. The summed E-state index contributed by atoms with van der Waals surface area (Å²) in [4.78, 5) is 72.0. The zero-order valence-corrected chi connectivity index (χ0v) is 24.7. The monoisotopic (exact) mass is 614 g/mol. The normalized spacial score (nSPS) is 6.63. The Labute approximate surface area is 238 Å². The second-order valence-electron chi connectivity index (χ2n) is 5.66. The van der Waals surface area contributed by atoms with Crippen LogP contribution in [0.3, 0.4) is 0 Å². The Morgan fingerprint density at radius 2 is 0.390 bits per heavy atom. The minimum atomic E-state index is -0.833. The molecule has 16 N–H and O–H groups in total. The molecule has 0 heterocycles. The average Bonchev–Trinajstić information content (AvgIpc) is 2.65. The summed E-state index contributed by atoms with van der Waals surface area (Å²) in [5.74, 6) is -6.67. The van der Waals surface area contributed by atoms with Crippen LogP contribution in [0.1, 0.15) is 61.8 Å². The maximum Gasteiger partial charge on any atom is 0.300 e. The lowest BCUT2D eigenvalue weighted by Crippen LogP contribution is -2.11. The Morgan fingerprint density at radius 1 is 0.317 bits per heavy atom. The predicted molar refractivity (Wildman–Crippen MR) is 147 cm³/mol. The fourth-order valence-electron chi connectivity index (χ4n) is 0.118. The summed E-state index contributed by atoms with van der Waals surface area (Å²) in [6, 6.07) is 0. The lowest BCUT2D eigenvalue weighted by atomic mass is 10.4. The van der Waals surface area contributed by atoms with E-state index in [1.54, 1.807) is 0 Å². The van der Waals surface area contributed by atoms with E-state index in [4.69, 9.17) is 102 Å². The van der Waals surface area contributed by atoms with Gasteiger partial charge >= 0.3 is 0 Å². The molecule has 0 radical (unpaired) electrons. The first-order valence-electron chi connectivity index (χ1n) is 10.6. The van der Waals surface area contributed by atoms with Crippen molar-refractivity contribution in [2.75, 3.05) is 26.2 Å². The number of hydrogen-bond acceptors (Lipinski definition) is 12. The minimum Gasteiger partial charge on any atom is -0.481 e. The van der Waals surface area contributed by atoms with Crippen molar-refractivity contribution in [2.24, 2.45) is 22.9 Å². The van der Waals surface area contributed by atoms with Crippen LogP contribution in [0.5, 0.6) is 0 Å². The summed E-state index contributed by atoms with van der Waals surface area (Å²) in [5, 5.41) is 59.3. The molecule has 0 atom stereocenters. The number of carboxylic acids is 8. The molecule has 0 rings (SSSR count). The Morgan fingerprint density at radius 3 is 0.390 bits per heavy atom. The van der Waals surface area contributed by atoms with Gasteiger partial charge in [-0.15, -0.1) is 0 Å². The molecule has 0 saturated heterocycles. The molecule has 0 bridgehead atoms. The van der Waals surface area contributed by atoms with Gasteiger partial charge in [0.25, 0.3) is 47.8 Å². The molecule has 250 valence electrons. The van der Waals surface area contributed by atoms with Gasteiger partial charge in [0.2, 0.25) is 0 Å². The minimum absolute atomic E-state index is 0.597. The molecule has 0 aromatic heterocycles. The molecule has 0 spiro atoms. The van der Waals surface area contributed by atoms with Crippen molar-refractivity contribution in [3.05, 3.63) is 0 Å². The number of rotatable bonds is 3. The lowest BCUT2D eigenvalue weighted by molar-refractivity contribution is -0.135. The molecular formula is C21H50N4O16. The molecule has 0 aromatic rings. The first-order chi connectivity index (χ1) is 18.2. The largest absolute Gasteiger partial charge is 0.481 e. The van der Waals surface area contributed by atoms with Gasteiger partial charge in [0.15, 0.2) is 0 Å². The molecule has 20 nitrogen and oxygen atoms in total. The van der Waals surface area contributed by atoms with Crippen LogP contribution in [0.25, 0.3) is 0 Å². The Balaban J connectivity index is -0.0000000326. The van der Waals surface area contributed by atoms with Crippen LogP contribution in [0, 0.1) is 0 Å². The van der Waals surface area contributed by atoms with Gasteiger partial charge in [-0.05, 0) is 19.5 Å². The van der Waals surface area contributed by atoms with E-state index in [1.807, 2.05) is 0 Å². The number of aliphatic carboxylic acids is 8. The van der Waals surface area contributed by atoms with Gasteiger partial charge in [0.1, 0.15) is 0 Å². The molecule has 0 aliphatic heterocycles. The standard InChI is InChI=1S/C3H10N2.C2H8N2.8C2H4O2/c4-2-1-3-5;3-1-2-4;8*1-2(3)4/h1-5H2;1-4H2;8*1H3,(H,3,4). The van der Waals surface area contributed by atoms with Crippen molar-refractivity contribution in [1.82, 2.24) is 0 Å². The molecule has 0 saturated carbocycles. The fraction of sp³-hybridized carbons (Fsp3) is 0.619. The summed E-state index contributed by atoms with van der Waals surface area (Å²) in [5.41, 5.74) is 19.9. The Hall–Kier alpha value is -4.40. The van der Waals surface area contributed by atoms with Crippen LogP contribution in [0.2, 0.25) is 0 Å². The first-order valence-corrected chi connectivity index (χ1v) is 10.6. The van der Waals surface area contributed by atoms with E-state index in [1.165, 1.54) is 0 Å². The lowest BCUT2D eigenvalue weighted by Gasteiger charge is -1.81. The van der Waals surface area contributed by atoms with E-state index in [-0.39, 0.29) is 0 Å². The summed E-state index contributed by atoms with van der Waals surface area (Å²) in [6.07, 6.45) is 0.944. The van der Waals surface area contributed by atoms with Gasteiger partial charge in [-0.25, -0.2) is 0 Å². The van der Waals surface area contributed by atoms with Crippen LogP contribution in [0.15, 0.2) is 0 Å². The average molecular weight is 615 g/mol. The topological polar surface area (TPSA) is 402 Å². The van der Waals surface area contributed by atoms with E-state index >= 15 is 0 Å². The fourth-order valence-corrected chi connectivity index (χ4v) is 0.118. The highest BCUT2D eigenvalue weighted by Gasteiger charge is 1.69. The quantitative estimate of drug-likeness (QED) is 0.180. The maximum atomic E-state index is 9.00. The highest BCUT2D eigenvalue weighted by molar-refractivity contribution is 5.64. The van der Waals surface area contributed by atoms with E-state index in [0.717, 1.165) is 74.9 Å². The number of hydrogen-bond donors (Lipinski definition) is 12. The predicted octanol–water partition coefficient (Wildman–Crippen LogP) is -1.08. The highest BCUT2D eigenvalue weighted by atomic mass is 16.4. The van der Waals surface area contributed by atoms with Gasteiger partial charge in [0.05, 0.1) is 0 Å². The van der Waals surface area contributed by atoms with Crippen molar-refractivity contribution in [1.29, 1.82) is 0 Å². The molecule has 20 heteroatoms. The van der Waals surface area contributed by atoms with E-state index in [9.17, 15) is 0 Å². The van der Waals surface area contributed by atoms with Gasteiger partial charge in [0, 0.05) is 68.5 Å². The van der Waals surface area contributed by atoms with E-state index in [0.29, 0.717) is 13.1 Å². The zero-order chi connectivity index (χ0) is 36.2. The molecular weight excluding hydrogens is 564 g/mol. The van der Waals surface area contributed by atoms with Crippen molar-refractivity contribution in [3.63, 3.8) is 0 Å². The van der Waals surface area contributed by atoms with Gasteiger partial charge in [-0.3, -0.25) is 38.4 Å². The smallest absolute Gasteiger partial charge is 0.300 e. The van der Waals surface area contributed by atoms with E-state index in [2.05, 4.69) is 0 Å². The van der Waals surface area contributed by atoms with Gasteiger partial charge in [-0.1, -0.05) is 0 Å². The van der Waals surface area contributed by atoms with Crippen LogP contribution in [-0.4, -0.2) is 115 Å². The zero-order valence-electron chi connectivity index (χ0n) is 24.7. The van der Waals surface area contributed by atoms with Crippen molar-refractivity contribution < 1.29 is 79.2 Å². The summed E-state index contributed by atoms with van der Waals surface area (Å²) >= 11 is 0. The molecule has 41 heavy (non-hydrogen) atoms. The van der Waals surface area contributed by atoms with Crippen molar-refractivity contribution in [2.45, 2.75) is 61.8 Å². The molecule has 0 fully saturated rings. The third kappa shape index (κ3) is 20500. The summed E-state index contributed by atoms with van der Waals surface area (Å²) in [7, 11) is 0. The molecule has 0 aliphatic rings. The van der Waals surface area contributed by atoms with E-state index < -0.39 is 47.8 Å². The Kier molecular flexibility index (Phi) is 113. The maximum absolute atomic E-state index is 9.00. The second-order valence-corrected chi connectivity index (χ2v) is 5.66. The molecule has 0 amide bonds. The van der Waals surface area contributed by atoms with Gasteiger partial charge in [-0.2, -0.15) is 0 Å². The molecule has 0 aliphatic carbocycles. The number of carbonyl (C=O) groups is 8. The summed E-state index contributed by atoms with van der Waals surface area (Å²) in [6.45, 7) is 11.3. The molecule has 0 aromatic carbocycles. The van der Waals surface area contributed by atoms with Crippen molar-refractivity contribution >= 4 is 47.8 Å². The van der Waals surface area contributed by atoms with Crippen LogP contribution >= 0.6 is 0 Å². The third-order valence-corrected chi connectivity index (χ3v) is 0.575. The second kappa shape index (κ2) is 70.4. The third-order valence-electron chi connectivity index (χ3n) is 0.575. The number of carboxylic acid groups (broad SMARTS) is 8. The first kappa shape index (κ1) is 65.6. The Bertz CT molecular complexity index is 451. The highest BCUT2D eigenvalue weighted by Crippen LogP contribution is 1.58. The molecule has 0 unspecified atom stereocenters. The van der Waals surface area contributed by atoms with Crippen LogP contribution in [0.4, 0.5) is 0 Å². The number of nitrogens with two attached hydrogens (primary N) is 4. The van der Waals surface area contributed by atoms with Crippen molar-refractivity contribution in [3.8, 4) is 0 Å². The van der Waals surface area contributed by atoms with Crippen LogP contribution < -0.4 is 22.9 Å². The van der Waals surface area contributed by atoms with Crippen LogP contribution in [-0.2, 0) is 38.4 Å². The van der Waals surface area contributed by atoms with Gasteiger partial charge < -0.3 is 63.8 Å².